The van der Waals surface area contributed by atoms with E-state index in [0.29, 0.717) is 13.0 Å². The molecule has 1 aliphatic rings. The van der Waals surface area contributed by atoms with Crippen LogP contribution in [0.25, 0.3) is 11.0 Å². The van der Waals surface area contributed by atoms with Crippen molar-refractivity contribution in [2.24, 2.45) is 7.05 Å². The molecule has 1 aromatic heterocycles. The summed E-state index contributed by atoms with van der Waals surface area (Å²) in [6.07, 6.45) is 2.19. The van der Waals surface area contributed by atoms with Gasteiger partial charge in [-0.1, -0.05) is 6.07 Å². The normalized spacial score (nSPS) is 16.0. The molecule has 1 amide bonds. The largest absolute Gasteiger partial charge is 0.379 e. The molecule has 0 bridgehead atoms. The van der Waals surface area contributed by atoms with Crippen molar-refractivity contribution in [2.75, 3.05) is 39.4 Å². The predicted octanol–water partition coefficient (Wildman–Crippen LogP) is 0.564. The molecule has 6 heteroatoms. The Morgan fingerprint density at radius 3 is 3.00 bits per heavy atom. The minimum absolute atomic E-state index is 0.0588. The van der Waals surface area contributed by atoms with Gasteiger partial charge in [0.05, 0.1) is 37.0 Å². The van der Waals surface area contributed by atoms with Crippen molar-refractivity contribution in [1.29, 1.82) is 0 Å². The van der Waals surface area contributed by atoms with Crippen molar-refractivity contribution in [3.05, 3.63) is 30.1 Å². The number of carbonyl (C=O) groups is 1. The average Bonchev–Trinajstić information content (AvgIpc) is 2.89. The molecular formula is C16H22N4O2. The van der Waals surface area contributed by atoms with Gasteiger partial charge >= 0.3 is 0 Å². The van der Waals surface area contributed by atoms with Gasteiger partial charge in [0.15, 0.2) is 0 Å². The minimum atomic E-state index is 0.0588. The third-order valence-corrected chi connectivity index (χ3v) is 4.01. The highest BCUT2D eigenvalue weighted by Gasteiger charge is 2.10. The summed E-state index contributed by atoms with van der Waals surface area (Å²) in [7, 11) is 1.97. The van der Waals surface area contributed by atoms with Crippen LogP contribution in [0.4, 0.5) is 0 Å². The highest BCUT2D eigenvalue weighted by Crippen LogP contribution is 2.14. The third-order valence-electron chi connectivity index (χ3n) is 4.01. The molecule has 22 heavy (non-hydrogen) atoms. The number of aromatic nitrogens is 2. The van der Waals surface area contributed by atoms with Crippen molar-refractivity contribution < 1.29 is 9.53 Å². The van der Waals surface area contributed by atoms with E-state index in [2.05, 4.69) is 15.2 Å². The Morgan fingerprint density at radius 1 is 1.36 bits per heavy atom. The number of hydrogen-bond donors (Lipinski definition) is 1. The highest BCUT2D eigenvalue weighted by molar-refractivity contribution is 5.81. The number of benzene rings is 1. The standard InChI is InChI=1S/C16H22N4O2/c1-19-12-18-14-10-13(2-3-15(14)19)11-16(21)17-4-5-20-6-8-22-9-7-20/h2-3,10,12H,4-9,11H2,1H3,(H,17,21). The quantitative estimate of drug-likeness (QED) is 0.877. The summed E-state index contributed by atoms with van der Waals surface area (Å²) < 4.78 is 7.28. The fraction of sp³-hybridized carbons (Fsp3) is 0.500. The van der Waals surface area contributed by atoms with E-state index in [1.54, 1.807) is 6.33 Å². The zero-order valence-electron chi connectivity index (χ0n) is 12.9. The zero-order valence-corrected chi connectivity index (χ0v) is 12.9. The molecule has 0 saturated carbocycles. The lowest BCUT2D eigenvalue weighted by atomic mass is 10.1. The molecule has 118 valence electrons. The molecule has 0 unspecified atom stereocenters. The Balaban J connectivity index is 1.47. The first-order valence-electron chi connectivity index (χ1n) is 7.69. The second kappa shape index (κ2) is 6.89. The van der Waals surface area contributed by atoms with E-state index >= 15 is 0 Å². The van der Waals surface area contributed by atoms with Crippen LogP contribution < -0.4 is 5.32 Å². The molecule has 2 aromatic rings. The molecule has 1 aromatic carbocycles. The summed E-state index contributed by atoms with van der Waals surface area (Å²) in [6.45, 7) is 5.05. The lowest BCUT2D eigenvalue weighted by Crippen LogP contribution is -2.41. The third kappa shape index (κ3) is 3.64. The SMILES string of the molecule is Cn1cnc2cc(CC(=O)NCCN3CCOCC3)ccc21. The Morgan fingerprint density at radius 2 is 2.18 bits per heavy atom. The van der Waals surface area contributed by atoms with Crippen LogP contribution in [0.2, 0.25) is 0 Å². The molecule has 0 aliphatic carbocycles. The number of fused-ring (bicyclic) bond motifs is 1. The maximum Gasteiger partial charge on any atom is 0.224 e. The van der Waals surface area contributed by atoms with Crippen molar-refractivity contribution in [3.8, 4) is 0 Å². The van der Waals surface area contributed by atoms with E-state index in [1.165, 1.54) is 0 Å². The average molecular weight is 302 g/mol. The summed E-state index contributed by atoms with van der Waals surface area (Å²) >= 11 is 0. The topological polar surface area (TPSA) is 59.4 Å². The monoisotopic (exact) mass is 302 g/mol. The maximum absolute atomic E-state index is 12.0. The smallest absolute Gasteiger partial charge is 0.224 e. The maximum atomic E-state index is 12.0. The first-order valence-corrected chi connectivity index (χ1v) is 7.69. The van der Waals surface area contributed by atoms with Crippen LogP contribution in [0.1, 0.15) is 5.56 Å². The van der Waals surface area contributed by atoms with Crippen molar-refractivity contribution in [2.45, 2.75) is 6.42 Å². The van der Waals surface area contributed by atoms with Gasteiger partial charge in [-0.15, -0.1) is 0 Å². The molecule has 2 heterocycles. The second-order valence-electron chi connectivity index (χ2n) is 5.66. The summed E-state index contributed by atoms with van der Waals surface area (Å²) in [5, 5.41) is 2.98. The van der Waals surface area contributed by atoms with Crippen LogP contribution in [-0.2, 0) is 23.0 Å². The number of morpholine rings is 1. The Labute approximate surface area is 130 Å². The van der Waals surface area contributed by atoms with Crippen molar-refractivity contribution in [3.63, 3.8) is 0 Å². The summed E-state index contributed by atoms with van der Waals surface area (Å²) in [5.74, 6) is 0.0588. The number of imidazole rings is 1. The fourth-order valence-corrected chi connectivity index (χ4v) is 2.72. The first kappa shape index (κ1) is 15.0. The summed E-state index contributed by atoms with van der Waals surface area (Å²) in [5.41, 5.74) is 3.01. The van der Waals surface area contributed by atoms with E-state index in [9.17, 15) is 4.79 Å². The number of hydrogen-bond acceptors (Lipinski definition) is 4. The zero-order chi connectivity index (χ0) is 15.4. The number of nitrogens with zero attached hydrogens (tertiary/aromatic N) is 3. The lowest BCUT2D eigenvalue weighted by molar-refractivity contribution is -0.120. The molecule has 1 aliphatic heterocycles. The predicted molar refractivity (Wildman–Crippen MR) is 84.7 cm³/mol. The van der Waals surface area contributed by atoms with Gasteiger partial charge in [-0.3, -0.25) is 9.69 Å². The lowest BCUT2D eigenvalue weighted by Gasteiger charge is -2.26. The number of aryl methyl sites for hydroxylation is 1. The molecule has 3 rings (SSSR count). The van der Waals surface area contributed by atoms with E-state index < -0.39 is 0 Å². The van der Waals surface area contributed by atoms with Crippen LogP contribution in [-0.4, -0.2) is 59.8 Å². The molecule has 0 radical (unpaired) electrons. The van der Waals surface area contributed by atoms with Gasteiger partial charge in [-0.25, -0.2) is 4.98 Å². The molecule has 1 fully saturated rings. The van der Waals surface area contributed by atoms with Gasteiger partial charge < -0.3 is 14.6 Å². The van der Waals surface area contributed by atoms with Gasteiger partial charge in [-0.05, 0) is 17.7 Å². The number of amides is 1. The Bertz CT molecular complexity index is 647. The molecule has 1 saturated heterocycles. The minimum Gasteiger partial charge on any atom is -0.379 e. The summed E-state index contributed by atoms with van der Waals surface area (Å²) in [4.78, 5) is 18.6. The molecule has 0 atom stereocenters. The van der Waals surface area contributed by atoms with E-state index in [0.717, 1.165) is 49.4 Å². The molecule has 0 spiro atoms. The fourth-order valence-electron chi connectivity index (χ4n) is 2.72. The van der Waals surface area contributed by atoms with Crippen LogP contribution in [0.15, 0.2) is 24.5 Å². The van der Waals surface area contributed by atoms with Gasteiger partial charge in [-0.2, -0.15) is 0 Å². The van der Waals surface area contributed by atoms with Crippen LogP contribution in [0.3, 0.4) is 0 Å². The van der Waals surface area contributed by atoms with Gasteiger partial charge in [0.25, 0.3) is 0 Å². The van der Waals surface area contributed by atoms with Crippen molar-refractivity contribution in [1.82, 2.24) is 19.8 Å². The van der Waals surface area contributed by atoms with Gasteiger partial charge in [0.1, 0.15) is 0 Å². The van der Waals surface area contributed by atoms with Crippen LogP contribution in [0.5, 0.6) is 0 Å². The summed E-state index contributed by atoms with van der Waals surface area (Å²) in [6, 6.07) is 5.99. The van der Waals surface area contributed by atoms with Crippen LogP contribution in [0, 0.1) is 0 Å². The van der Waals surface area contributed by atoms with Gasteiger partial charge in [0, 0.05) is 33.2 Å². The van der Waals surface area contributed by atoms with Crippen molar-refractivity contribution >= 4 is 16.9 Å². The highest BCUT2D eigenvalue weighted by atomic mass is 16.5. The number of nitrogens with one attached hydrogen (secondary N) is 1. The van der Waals surface area contributed by atoms with E-state index in [-0.39, 0.29) is 5.91 Å². The van der Waals surface area contributed by atoms with Crippen LogP contribution >= 0.6 is 0 Å². The second-order valence-corrected chi connectivity index (χ2v) is 5.66. The number of rotatable bonds is 5. The van der Waals surface area contributed by atoms with Gasteiger partial charge in [0.2, 0.25) is 5.91 Å². The number of carbonyl (C=O) groups excluding carboxylic acids is 1. The Hall–Kier alpha value is -1.92. The van der Waals surface area contributed by atoms with E-state index in [4.69, 9.17) is 4.74 Å². The van der Waals surface area contributed by atoms with E-state index in [1.807, 2.05) is 29.8 Å². The first-order chi connectivity index (χ1) is 10.7. The Kier molecular flexibility index (Phi) is 4.70. The molecule has 1 N–H and O–H groups in total. The molecular weight excluding hydrogens is 280 g/mol. The number of ether oxygens (including phenoxy) is 1. The molecule has 6 nitrogen and oxygen atoms in total.